The summed E-state index contributed by atoms with van der Waals surface area (Å²) in [4.78, 5) is 49.0. The summed E-state index contributed by atoms with van der Waals surface area (Å²) in [6.45, 7) is 9.93. The number of carbonyl (C=O) groups excluding carboxylic acids is 4. The first-order valence-corrected chi connectivity index (χ1v) is 13.9. The molecule has 0 heterocycles. The van der Waals surface area contributed by atoms with Crippen LogP contribution in [0.3, 0.4) is 0 Å². The maximum Gasteiger partial charge on any atom is 0.325 e. The van der Waals surface area contributed by atoms with E-state index >= 15 is 0 Å². The van der Waals surface area contributed by atoms with Crippen molar-refractivity contribution in [2.24, 2.45) is 34.0 Å². The topological polar surface area (TPSA) is 102 Å². The number of hydrogen-bond acceptors (Lipinski definition) is 5. The van der Waals surface area contributed by atoms with Crippen molar-refractivity contribution < 1.29 is 23.9 Å². The van der Waals surface area contributed by atoms with Crippen molar-refractivity contribution in [1.29, 1.82) is 0 Å². The fourth-order valence-electron chi connectivity index (χ4n) is 7.70. The molecule has 0 bridgehead atoms. The van der Waals surface area contributed by atoms with Crippen LogP contribution in [0.25, 0.3) is 0 Å². The third kappa shape index (κ3) is 4.87. The maximum atomic E-state index is 12.7. The Bertz CT molecular complexity index is 955. The Morgan fingerprint density at radius 2 is 1.75 bits per heavy atom. The molecule has 0 saturated heterocycles. The van der Waals surface area contributed by atoms with Crippen molar-refractivity contribution >= 4 is 23.6 Å². The van der Waals surface area contributed by atoms with Crippen LogP contribution in [0.15, 0.2) is 11.6 Å². The van der Waals surface area contributed by atoms with Crippen molar-refractivity contribution in [3.8, 4) is 0 Å². The smallest absolute Gasteiger partial charge is 0.325 e. The van der Waals surface area contributed by atoms with E-state index in [1.54, 1.807) is 0 Å². The second kappa shape index (κ2) is 9.94. The zero-order valence-electron chi connectivity index (χ0n) is 22.7. The van der Waals surface area contributed by atoms with Gasteiger partial charge in [-0.15, -0.1) is 0 Å². The molecule has 0 aromatic carbocycles. The van der Waals surface area contributed by atoms with Gasteiger partial charge in [-0.05, 0) is 80.6 Å². The third-order valence-corrected chi connectivity index (χ3v) is 10.5. The van der Waals surface area contributed by atoms with E-state index in [0.717, 1.165) is 44.9 Å². The summed E-state index contributed by atoms with van der Waals surface area (Å²) >= 11 is 0. The van der Waals surface area contributed by atoms with Crippen LogP contribution in [0.2, 0.25) is 0 Å². The van der Waals surface area contributed by atoms with E-state index in [9.17, 15) is 19.2 Å². The second-order valence-electron chi connectivity index (χ2n) is 12.8. The minimum absolute atomic E-state index is 0.0391. The lowest BCUT2D eigenvalue weighted by Crippen LogP contribution is -2.52. The van der Waals surface area contributed by atoms with Gasteiger partial charge in [-0.3, -0.25) is 19.2 Å². The van der Waals surface area contributed by atoms with Crippen LogP contribution in [0, 0.1) is 34.0 Å². The highest BCUT2D eigenvalue weighted by atomic mass is 16.5. The molecule has 6 atom stereocenters. The Labute approximate surface area is 215 Å². The van der Waals surface area contributed by atoms with Crippen molar-refractivity contribution in [3.63, 3.8) is 0 Å². The van der Waals surface area contributed by atoms with Gasteiger partial charge in [0.1, 0.15) is 12.6 Å². The lowest BCUT2D eigenvalue weighted by molar-refractivity contribution is -0.159. The molecule has 3 fully saturated rings. The van der Waals surface area contributed by atoms with E-state index in [-0.39, 0.29) is 41.7 Å². The number of nitrogens with one attached hydrogen (secondary N) is 2. The van der Waals surface area contributed by atoms with E-state index in [1.807, 2.05) is 26.8 Å². The number of allylic oxidation sites excluding steroid dienone is 1. The number of hydrogen-bond donors (Lipinski definition) is 2. The molecule has 7 nitrogen and oxygen atoms in total. The molecular weight excluding hydrogens is 456 g/mol. The first-order chi connectivity index (χ1) is 16.9. The fraction of sp³-hybridized carbons (Fsp3) is 0.793. The molecule has 36 heavy (non-hydrogen) atoms. The van der Waals surface area contributed by atoms with E-state index in [4.69, 9.17) is 4.74 Å². The molecule has 6 unspecified atom stereocenters. The normalized spacial score (nSPS) is 35.6. The average molecular weight is 501 g/mol. The van der Waals surface area contributed by atoms with E-state index in [0.29, 0.717) is 30.6 Å². The molecule has 200 valence electrons. The number of ketones is 1. The first kappa shape index (κ1) is 26.9. The summed E-state index contributed by atoms with van der Waals surface area (Å²) in [7, 11) is 0. The molecule has 4 aliphatic carbocycles. The van der Waals surface area contributed by atoms with Gasteiger partial charge in [0.2, 0.25) is 11.8 Å². The summed E-state index contributed by atoms with van der Waals surface area (Å²) in [6, 6.07) is 0. The number of esters is 1. The van der Waals surface area contributed by atoms with Gasteiger partial charge in [0, 0.05) is 17.3 Å². The lowest BCUT2D eigenvalue weighted by atomic mass is 9.47. The Balaban J connectivity index is 1.30. The van der Waals surface area contributed by atoms with Crippen molar-refractivity contribution in [2.75, 3.05) is 13.1 Å². The van der Waals surface area contributed by atoms with Crippen molar-refractivity contribution in [2.45, 2.75) is 98.5 Å². The number of amides is 2. The van der Waals surface area contributed by atoms with Gasteiger partial charge < -0.3 is 15.4 Å². The molecule has 7 heteroatoms. The molecule has 0 spiro atoms. The molecule has 4 rings (SSSR count). The quantitative estimate of drug-likeness (QED) is 0.513. The second-order valence-corrected chi connectivity index (χ2v) is 12.8. The van der Waals surface area contributed by atoms with Crippen LogP contribution in [0.5, 0.6) is 0 Å². The number of rotatable bonds is 7. The molecule has 3 saturated carbocycles. The highest BCUT2D eigenvalue weighted by molar-refractivity contribution is 5.91. The summed E-state index contributed by atoms with van der Waals surface area (Å²) in [5, 5.41) is 5.23. The molecule has 0 aromatic heterocycles. The minimum atomic E-state index is -0.533. The molecule has 0 aliphatic heterocycles. The number of ether oxygens (including phenoxy) is 1. The van der Waals surface area contributed by atoms with Crippen LogP contribution >= 0.6 is 0 Å². The predicted molar refractivity (Wildman–Crippen MR) is 137 cm³/mol. The molecule has 2 amide bonds. The Kier molecular flexibility index (Phi) is 7.42. The molecule has 0 radical (unpaired) electrons. The minimum Gasteiger partial charge on any atom is -0.460 e. The standard InChI is InChI=1S/C29H44N2O5/c1-6-27(2,3)26(35)31-16-24(33)30-17-25(34)36-23-10-9-21-20-8-7-18-15-19(32)11-13-28(18,4)22(20)12-14-29(21,23)5/h15,20-23H,6-14,16-17H2,1-5H3,(H,30,33)(H,31,35). The van der Waals surface area contributed by atoms with Crippen LogP contribution in [-0.4, -0.2) is 42.8 Å². The van der Waals surface area contributed by atoms with Gasteiger partial charge in [0.25, 0.3) is 0 Å². The van der Waals surface area contributed by atoms with Crippen molar-refractivity contribution in [1.82, 2.24) is 10.6 Å². The van der Waals surface area contributed by atoms with Crippen LogP contribution in [-0.2, 0) is 23.9 Å². The third-order valence-electron chi connectivity index (χ3n) is 10.5. The Hall–Kier alpha value is -2.18. The SMILES string of the molecule is CCC(C)(C)C(=O)NCC(=O)NCC(=O)OC1CCC2C3CCC4=CC(=O)CCC4(C)C3CCC12C. The van der Waals surface area contributed by atoms with E-state index < -0.39 is 17.3 Å². The van der Waals surface area contributed by atoms with Crippen LogP contribution in [0.1, 0.15) is 92.4 Å². The van der Waals surface area contributed by atoms with Gasteiger partial charge in [-0.25, -0.2) is 0 Å². The van der Waals surface area contributed by atoms with Crippen molar-refractivity contribution in [3.05, 3.63) is 11.6 Å². The van der Waals surface area contributed by atoms with E-state index in [1.165, 1.54) is 5.57 Å². The molecular formula is C29H44N2O5. The van der Waals surface area contributed by atoms with Gasteiger partial charge in [0.05, 0.1) is 6.54 Å². The van der Waals surface area contributed by atoms with Gasteiger partial charge in [0.15, 0.2) is 5.78 Å². The van der Waals surface area contributed by atoms with Crippen LogP contribution in [0.4, 0.5) is 0 Å². The summed E-state index contributed by atoms with van der Waals surface area (Å²) < 4.78 is 5.96. The molecule has 4 aliphatic rings. The van der Waals surface area contributed by atoms with E-state index in [2.05, 4.69) is 24.5 Å². The zero-order chi connectivity index (χ0) is 26.3. The Morgan fingerprint density at radius 3 is 2.47 bits per heavy atom. The van der Waals surface area contributed by atoms with Gasteiger partial charge >= 0.3 is 5.97 Å². The summed E-state index contributed by atoms with van der Waals surface area (Å²) in [5.74, 6) is 1.04. The largest absolute Gasteiger partial charge is 0.460 e. The van der Waals surface area contributed by atoms with Crippen LogP contribution < -0.4 is 10.6 Å². The average Bonchev–Trinajstić information content (AvgIpc) is 3.17. The monoisotopic (exact) mass is 500 g/mol. The molecule has 0 aromatic rings. The van der Waals surface area contributed by atoms with Gasteiger partial charge in [-0.2, -0.15) is 0 Å². The maximum absolute atomic E-state index is 12.7. The molecule has 2 N–H and O–H groups in total. The lowest BCUT2D eigenvalue weighted by Gasteiger charge is -2.57. The number of carbonyl (C=O) groups is 4. The number of fused-ring (bicyclic) bond motifs is 5. The predicted octanol–water partition coefficient (Wildman–Crippen LogP) is 4.10. The summed E-state index contributed by atoms with van der Waals surface area (Å²) in [6.07, 6.45) is 10.3. The highest BCUT2D eigenvalue weighted by Crippen LogP contribution is 2.65. The zero-order valence-corrected chi connectivity index (χ0v) is 22.7. The summed E-state index contributed by atoms with van der Waals surface area (Å²) in [5.41, 5.74) is 0.936. The Morgan fingerprint density at radius 1 is 1.00 bits per heavy atom. The highest BCUT2D eigenvalue weighted by Gasteiger charge is 2.59. The first-order valence-electron chi connectivity index (χ1n) is 13.9. The fourth-order valence-corrected chi connectivity index (χ4v) is 7.70. The van der Waals surface area contributed by atoms with Gasteiger partial charge in [-0.1, -0.05) is 40.2 Å².